The molecule has 0 aliphatic rings. The van der Waals surface area contributed by atoms with Crippen molar-refractivity contribution in [2.24, 2.45) is 5.16 Å². The summed E-state index contributed by atoms with van der Waals surface area (Å²) in [6, 6.07) is 6.02. The molecule has 0 atom stereocenters. The second-order valence-electron chi connectivity index (χ2n) is 5.69. The van der Waals surface area contributed by atoms with E-state index in [9.17, 15) is 0 Å². The van der Waals surface area contributed by atoms with E-state index < -0.39 is 0 Å². The predicted molar refractivity (Wildman–Crippen MR) is 94.7 cm³/mol. The second-order valence-corrected chi connectivity index (χ2v) is 5.69. The Labute approximate surface area is 142 Å². The van der Waals surface area contributed by atoms with Crippen LogP contribution >= 0.6 is 0 Å². The van der Waals surface area contributed by atoms with Crippen molar-refractivity contribution >= 4 is 6.21 Å². The van der Waals surface area contributed by atoms with Crippen LogP contribution in [0.5, 0.6) is 5.75 Å². The maximum atomic E-state index is 5.94. The second kappa shape index (κ2) is 8.91. The maximum Gasteiger partial charge on any atom is 0.137 e. The van der Waals surface area contributed by atoms with Crippen molar-refractivity contribution in [2.45, 2.75) is 33.6 Å². The Morgan fingerprint density at radius 2 is 1.96 bits per heavy atom. The van der Waals surface area contributed by atoms with Crippen LogP contribution in [0.3, 0.4) is 0 Å². The Balaban J connectivity index is 1.88. The van der Waals surface area contributed by atoms with E-state index in [-0.39, 0.29) is 0 Å². The van der Waals surface area contributed by atoms with Crippen LogP contribution in [0.4, 0.5) is 0 Å². The molecule has 0 amide bonds. The quantitative estimate of drug-likeness (QED) is 0.300. The highest BCUT2D eigenvalue weighted by molar-refractivity contribution is 5.80. The fourth-order valence-electron chi connectivity index (χ4n) is 2.43. The first kappa shape index (κ1) is 17.8. The van der Waals surface area contributed by atoms with Crippen LogP contribution in [0, 0.1) is 20.8 Å². The monoisotopic (exact) mass is 328 g/mol. The average Bonchev–Trinajstić information content (AvgIpc) is 2.95. The minimum atomic E-state index is 0.403. The molecule has 2 rings (SSSR count). The molecular formula is C19H24N2O3. The fraction of sp³-hybridized carbons (Fsp3) is 0.368. The number of hydrogen-bond donors (Lipinski definition) is 0. The number of rotatable bonds is 9. The van der Waals surface area contributed by atoms with E-state index >= 15 is 0 Å². The van der Waals surface area contributed by atoms with Gasteiger partial charge in [-0.3, -0.25) is 0 Å². The molecule has 0 saturated carbocycles. The third kappa shape index (κ3) is 5.26. The fourth-order valence-corrected chi connectivity index (χ4v) is 2.43. The molecule has 0 bridgehead atoms. The van der Waals surface area contributed by atoms with Crippen LogP contribution in [-0.4, -0.2) is 24.6 Å². The smallest absolute Gasteiger partial charge is 0.137 e. The molecule has 0 unspecified atom stereocenters. The molecule has 0 N–H and O–H groups in total. The number of ether oxygens (including phenoxy) is 1. The van der Waals surface area contributed by atoms with E-state index in [1.165, 1.54) is 0 Å². The molecule has 0 aliphatic heterocycles. The van der Waals surface area contributed by atoms with Crippen LogP contribution in [0.15, 0.2) is 40.5 Å². The SMILES string of the molecule is C=CCO/N=C/c1cc(C)c(OCCCc2cc(C)no2)c(C)c1. The number of oxime groups is 1. The number of aryl methyl sites for hydroxylation is 4. The Kier molecular flexibility index (Phi) is 6.61. The van der Waals surface area contributed by atoms with Gasteiger partial charge in [0.1, 0.15) is 18.1 Å². The van der Waals surface area contributed by atoms with Crippen molar-refractivity contribution in [1.29, 1.82) is 0 Å². The molecule has 128 valence electrons. The van der Waals surface area contributed by atoms with Gasteiger partial charge in [-0.05, 0) is 56.0 Å². The van der Waals surface area contributed by atoms with Gasteiger partial charge in [0.2, 0.25) is 0 Å². The van der Waals surface area contributed by atoms with Gasteiger partial charge < -0.3 is 14.1 Å². The van der Waals surface area contributed by atoms with Gasteiger partial charge >= 0.3 is 0 Å². The molecule has 0 radical (unpaired) electrons. The molecule has 0 spiro atoms. The third-order valence-electron chi connectivity index (χ3n) is 3.44. The first-order valence-corrected chi connectivity index (χ1v) is 8.02. The Morgan fingerprint density at radius 3 is 2.58 bits per heavy atom. The van der Waals surface area contributed by atoms with Gasteiger partial charge in [-0.15, -0.1) is 0 Å². The summed E-state index contributed by atoms with van der Waals surface area (Å²) in [5.74, 6) is 1.82. The molecule has 1 aromatic heterocycles. The van der Waals surface area contributed by atoms with Crippen molar-refractivity contribution in [3.8, 4) is 5.75 Å². The zero-order chi connectivity index (χ0) is 17.4. The van der Waals surface area contributed by atoms with Crippen molar-refractivity contribution < 1.29 is 14.1 Å². The van der Waals surface area contributed by atoms with Crippen LogP contribution in [-0.2, 0) is 11.3 Å². The third-order valence-corrected chi connectivity index (χ3v) is 3.44. The minimum absolute atomic E-state index is 0.403. The van der Waals surface area contributed by atoms with Gasteiger partial charge in [-0.2, -0.15) is 0 Å². The van der Waals surface area contributed by atoms with Gasteiger partial charge in [-0.25, -0.2) is 0 Å². The molecule has 0 saturated heterocycles. The molecule has 24 heavy (non-hydrogen) atoms. The molecule has 1 heterocycles. The molecular weight excluding hydrogens is 304 g/mol. The topological polar surface area (TPSA) is 56.9 Å². The lowest BCUT2D eigenvalue weighted by atomic mass is 10.1. The lowest BCUT2D eigenvalue weighted by Gasteiger charge is -2.12. The highest BCUT2D eigenvalue weighted by Gasteiger charge is 2.07. The summed E-state index contributed by atoms with van der Waals surface area (Å²) in [7, 11) is 0. The maximum absolute atomic E-state index is 5.94. The van der Waals surface area contributed by atoms with Crippen molar-refractivity contribution in [1.82, 2.24) is 5.16 Å². The highest BCUT2D eigenvalue weighted by atomic mass is 16.6. The largest absolute Gasteiger partial charge is 0.493 e. The highest BCUT2D eigenvalue weighted by Crippen LogP contribution is 2.24. The molecule has 5 heteroatoms. The molecule has 5 nitrogen and oxygen atoms in total. The summed E-state index contributed by atoms with van der Waals surface area (Å²) in [5, 5.41) is 7.78. The van der Waals surface area contributed by atoms with Crippen molar-refractivity contribution in [3.63, 3.8) is 0 Å². The van der Waals surface area contributed by atoms with Crippen molar-refractivity contribution in [3.05, 3.63) is 59.0 Å². The number of benzene rings is 1. The normalized spacial score (nSPS) is 11.0. The van der Waals surface area contributed by atoms with Gasteiger partial charge in [0.15, 0.2) is 0 Å². The molecule has 0 aliphatic carbocycles. The first-order valence-electron chi connectivity index (χ1n) is 8.02. The van der Waals surface area contributed by atoms with Crippen LogP contribution in [0.1, 0.15) is 34.6 Å². The van der Waals surface area contributed by atoms with Crippen LogP contribution < -0.4 is 4.74 Å². The standard InChI is InChI=1S/C19H24N2O3/c1-5-8-23-20-13-17-10-14(2)19(15(3)11-17)22-9-6-7-18-12-16(4)21-24-18/h5,10-13H,1,6-9H2,2-4H3/b20-13+. The van der Waals surface area contributed by atoms with Gasteiger partial charge in [-0.1, -0.05) is 23.0 Å². The minimum Gasteiger partial charge on any atom is -0.493 e. The number of hydrogen-bond acceptors (Lipinski definition) is 5. The lowest BCUT2D eigenvalue weighted by molar-refractivity contribution is 0.176. The Bertz CT molecular complexity index is 681. The molecule has 2 aromatic rings. The van der Waals surface area contributed by atoms with Gasteiger partial charge in [0.05, 0.1) is 18.5 Å². The summed E-state index contributed by atoms with van der Waals surface area (Å²) < 4.78 is 11.1. The van der Waals surface area contributed by atoms with Crippen LogP contribution in [0.2, 0.25) is 0 Å². The zero-order valence-corrected chi connectivity index (χ0v) is 14.5. The summed E-state index contributed by atoms with van der Waals surface area (Å²) in [4.78, 5) is 5.03. The van der Waals surface area contributed by atoms with Crippen LogP contribution in [0.25, 0.3) is 0 Å². The Morgan fingerprint density at radius 1 is 1.21 bits per heavy atom. The van der Waals surface area contributed by atoms with Gasteiger partial charge in [0, 0.05) is 12.5 Å². The van der Waals surface area contributed by atoms with E-state index in [4.69, 9.17) is 14.1 Å². The van der Waals surface area contributed by atoms with E-state index in [2.05, 4.69) is 16.9 Å². The average molecular weight is 328 g/mol. The summed E-state index contributed by atoms with van der Waals surface area (Å²) in [6.45, 7) is 10.6. The summed E-state index contributed by atoms with van der Waals surface area (Å²) in [6.07, 6.45) is 5.06. The number of aromatic nitrogens is 1. The first-order chi connectivity index (χ1) is 11.6. The number of nitrogens with zero attached hydrogens (tertiary/aromatic N) is 2. The molecule has 0 fully saturated rings. The Hall–Kier alpha value is -2.56. The molecule has 1 aromatic carbocycles. The summed E-state index contributed by atoms with van der Waals surface area (Å²) in [5.41, 5.74) is 4.05. The predicted octanol–water partition coefficient (Wildman–Crippen LogP) is 4.15. The van der Waals surface area contributed by atoms with E-state index in [0.29, 0.717) is 13.2 Å². The lowest BCUT2D eigenvalue weighted by Crippen LogP contribution is -2.03. The van der Waals surface area contributed by atoms with Crippen molar-refractivity contribution in [2.75, 3.05) is 13.2 Å². The van der Waals surface area contributed by atoms with E-state index in [1.807, 2.05) is 39.0 Å². The zero-order valence-electron chi connectivity index (χ0n) is 14.5. The summed E-state index contributed by atoms with van der Waals surface area (Å²) >= 11 is 0. The van der Waals surface area contributed by atoms with E-state index in [0.717, 1.165) is 46.7 Å². The van der Waals surface area contributed by atoms with Gasteiger partial charge in [0.25, 0.3) is 0 Å². The van der Waals surface area contributed by atoms with E-state index in [1.54, 1.807) is 12.3 Å².